The average Bonchev–Trinajstić information content (AvgIpc) is 2.94. The van der Waals surface area contributed by atoms with Crippen LogP contribution in [0.5, 0.6) is 5.75 Å². The largest absolute Gasteiger partial charge is 0.494 e. The highest BCUT2D eigenvalue weighted by atomic mass is 16.5. The monoisotopic (exact) mass is 328 g/mol. The van der Waals surface area contributed by atoms with Crippen molar-refractivity contribution < 1.29 is 9.53 Å². The van der Waals surface area contributed by atoms with E-state index >= 15 is 0 Å². The Hall–Kier alpha value is -2.37. The van der Waals surface area contributed by atoms with Crippen molar-refractivity contribution in [1.82, 2.24) is 19.7 Å². The first-order valence-electron chi connectivity index (χ1n) is 8.50. The Morgan fingerprint density at radius 1 is 1.29 bits per heavy atom. The van der Waals surface area contributed by atoms with Crippen LogP contribution in [0.2, 0.25) is 0 Å². The maximum Gasteiger partial charge on any atom is 0.253 e. The predicted octanol–water partition coefficient (Wildman–Crippen LogP) is 2.77. The molecule has 2 aromatic rings. The van der Waals surface area contributed by atoms with Gasteiger partial charge in [0.15, 0.2) is 0 Å². The number of ether oxygens (including phenoxy) is 1. The molecular formula is C18H24N4O2. The number of aromatic nitrogens is 3. The lowest BCUT2D eigenvalue weighted by molar-refractivity contribution is 0.0671. The topological polar surface area (TPSA) is 60.2 Å². The van der Waals surface area contributed by atoms with E-state index in [1.807, 2.05) is 54.6 Å². The Balaban J connectivity index is 1.72. The van der Waals surface area contributed by atoms with Crippen molar-refractivity contribution in [3.8, 4) is 5.75 Å². The highest BCUT2D eigenvalue weighted by Gasteiger charge is 2.27. The minimum absolute atomic E-state index is 0.0669. The van der Waals surface area contributed by atoms with Gasteiger partial charge in [0.2, 0.25) is 0 Å². The lowest BCUT2D eigenvalue weighted by Gasteiger charge is -2.33. The zero-order valence-corrected chi connectivity index (χ0v) is 14.5. The first-order valence-corrected chi connectivity index (χ1v) is 8.50. The van der Waals surface area contributed by atoms with Crippen molar-refractivity contribution in [2.45, 2.75) is 39.7 Å². The van der Waals surface area contributed by atoms with Gasteiger partial charge in [-0.25, -0.2) is 9.67 Å². The van der Waals surface area contributed by atoms with Gasteiger partial charge in [0, 0.05) is 18.7 Å². The zero-order valence-electron chi connectivity index (χ0n) is 14.5. The molecule has 0 radical (unpaired) electrons. The third kappa shape index (κ3) is 3.42. The van der Waals surface area contributed by atoms with Gasteiger partial charge >= 0.3 is 0 Å². The normalized spacial score (nSPS) is 17.8. The third-order valence-corrected chi connectivity index (χ3v) is 4.35. The molecule has 1 aliphatic heterocycles. The number of carbonyl (C=O) groups excluding carboxylic acids is 1. The summed E-state index contributed by atoms with van der Waals surface area (Å²) in [7, 11) is 0. The molecule has 0 spiro atoms. The van der Waals surface area contributed by atoms with Gasteiger partial charge in [0.25, 0.3) is 5.91 Å². The van der Waals surface area contributed by atoms with E-state index in [-0.39, 0.29) is 11.9 Å². The van der Waals surface area contributed by atoms with Crippen molar-refractivity contribution in [2.24, 2.45) is 0 Å². The molecule has 1 aliphatic rings. The lowest BCUT2D eigenvalue weighted by Crippen LogP contribution is -2.41. The fourth-order valence-electron chi connectivity index (χ4n) is 3.26. The van der Waals surface area contributed by atoms with Crippen molar-refractivity contribution in [2.75, 3.05) is 19.7 Å². The van der Waals surface area contributed by atoms with Gasteiger partial charge < -0.3 is 9.64 Å². The predicted molar refractivity (Wildman–Crippen MR) is 91.3 cm³/mol. The van der Waals surface area contributed by atoms with Crippen LogP contribution >= 0.6 is 0 Å². The van der Waals surface area contributed by atoms with Crippen LogP contribution in [0.3, 0.4) is 0 Å². The molecule has 6 heteroatoms. The van der Waals surface area contributed by atoms with Crippen LogP contribution in [0.25, 0.3) is 0 Å². The molecule has 6 nitrogen and oxygen atoms in total. The fourth-order valence-corrected chi connectivity index (χ4v) is 3.26. The first kappa shape index (κ1) is 16.5. The maximum atomic E-state index is 12.8. The highest BCUT2D eigenvalue weighted by molar-refractivity contribution is 5.94. The number of benzene rings is 1. The van der Waals surface area contributed by atoms with E-state index in [9.17, 15) is 4.79 Å². The Morgan fingerprint density at radius 3 is 2.67 bits per heavy atom. The Morgan fingerprint density at radius 2 is 2.04 bits per heavy atom. The maximum absolute atomic E-state index is 12.8. The number of amides is 1. The number of hydrogen-bond acceptors (Lipinski definition) is 4. The summed E-state index contributed by atoms with van der Waals surface area (Å²) in [6, 6.07) is 7.57. The molecule has 1 saturated heterocycles. The number of aryl methyl sites for hydroxylation is 2. The van der Waals surface area contributed by atoms with Gasteiger partial charge in [-0.2, -0.15) is 5.10 Å². The summed E-state index contributed by atoms with van der Waals surface area (Å²) in [6.07, 6.45) is 2.00. The Labute approximate surface area is 142 Å². The summed E-state index contributed by atoms with van der Waals surface area (Å²) >= 11 is 0. The van der Waals surface area contributed by atoms with Crippen molar-refractivity contribution in [3.05, 3.63) is 41.5 Å². The SMILES string of the molecule is CCOc1ccc(C(=O)N2CCC[C@H](n3nc(C)nc3C)C2)cc1. The van der Waals surface area contributed by atoms with Gasteiger partial charge in [-0.15, -0.1) is 0 Å². The number of likely N-dealkylation sites (tertiary alicyclic amines) is 1. The zero-order chi connectivity index (χ0) is 17.1. The second-order valence-electron chi connectivity index (χ2n) is 6.16. The molecule has 0 aliphatic carbocycles. The first-order chi connectivity index (χ1) is 11.6. The minimum atomic E-state index is 0.0669. The standard InChI is InChI=1S/C18H24N4O2/c1-4-24-17-9-7-15(8-10-17)18(23)21-11-5-6-16(12-21)22-14(3)19-13(2)20-22/h7-10,16H,4-6,11-12H2,1-3H3/t16-/m0/s1. The summed E-state index contributed by atoms with van der Waals surface area (Å²) in [5, 5.41) is 4.48. The van der Waals surface area contributed by atoms with Crippen molar-refractivity contribution in [3.63, 3.8) is 0 Å². The summed E-state index contributed by atoms with van der Waals surface area (Å²) in [5.74, 6) is 2.55. The molecule has 24 heavy (non-hydrogen) atoms. The molecule has 128 valence electrons. The van der Waals surface area contributed by atoms with Gasteiger partial charge in [0.05, 0.1) is 12.6 Å². The van der Waals surface area contributed by atoms with Crippen LogP contribution in [0.1, 0.15) is 47.8 Å². The summed E-state index contributed by atoms with van der Waals surface area (Å²) in [4.78, 5) is 19.1. The summed E-state index contributed by atoms with van der Waals surface area (Å²) in [6.45, 7) is 7.89. The van der Waals surface area contributed by atoms with E-state index < -0.39 is 0 Å². The van der Waals surface area contributed by atoms with Gasteiger partial charge in [-0.1, -0.05) is 0 Å². The Kier molecular flexibility index (Phi) is 4.83. The Bertz CT molecular complexity index is 708. The average molecular weight is 328 g/mol. The summed E-state index contributed by atoms with van der Waals surface area (Å²) < 4.78 is 7.40. The molecule has 0 bridgehead atoms. The number of hydrogen-bond donors (Lipinski definition) is 0. The third-order valence-electron chi connectivity index (χ3n) is 4.35. The molecule has 1 aromatic heterocycles. The van der Waals surface area contributed by atoms with E-state index in [0.29, 0.717) is 18.7 Å². The molecule has 1 atom stereocenters. The lowest BCUT2D eigenvalue weighted by atomic mass is 10.0. The van der Waals surface area contributed by atoms with Gasteiger partial charge in [-0.3, -0.25) is 4.79 Å². The molecule has 3 rings (SSSR count). The molecule has 1 amide bonds. The molecule has 0 unspecified atom stereocenters. The van der Waals surface area contributed by atoms with Crippen molar-refractivity contribution in [1.29, 1.82) is 0 Å². The second kappa shape index (κ2) is 7.03. The second-order valence-corrected chi connectivity index (χ2v) is 6.16. The quantitative estimate of drug-likeness (QED) is 0.866. The van der Waals surface area contributed by atoms with Crippen LogP contribution in [-0.2, 0) is 0 Å². The molecule has 1 fully saturated rings. The summed E-state index contributed by atoms with van der Waals surface area (Å²) in [5.41, 5.74) is 0.700. The number of rotatable bonds is 4. The molecule has 0 N–H and O–H groups in total. The smallest absolute Gasteiger partial charge is 0.253 e. The minimum Gasteiger partial charge on any atom is -0.494 e. The van der Waals surface area contributed by atoms with Gasteiger partial charge in [0.1, 0.15) is 17.4 Å². The van der Waals surface area contributed by atoms with Crippen LogP contribution in [0.4, 0.5) is 0 Å². The molecular weight excluding hydrogens is 304 g/mol. The molecule has 0 saturated carbocycles. The number of carbonyl (C=O) groups is 1. The number of piperidine rings is 1. The van der Waals surface area contributed by atoms with E-state index in [4.69, 9.17) is 4.74 Å². The van der Waals surface area contributed by atoms with E-state index in [1.165, 1.54) is 0 Å². The van der Waals surface area contributed by atoms with Crippen LogP contribution < -0.4 is 4.74 Å². The van der Waals surface area contributed by atoms with E-state index in [1.54, 1.807) is 0 Å². The van der Waals surface area contributed by atoms with Crippen LogP contribution in [-0.4, -0.2) is 45.3 Å². The highest BCUT2D eigenvalue weighted by Crippen LogP contribution is 2.24. The van der Waals surface area contributed by atoms with Gasteiger partial charge in [-0.05, 0) is 57.9 Å². The molecule has 2 heterocycles. The van der Waals surface area contributed by atoms with Crippen LogP contribution in [0, 0.1) is 13.8 Å². The van der Waals surface area contributed by atoms with E-state index in [2.05, 4.69) is 10.1 Å². The number of nitrogens with zero attached hydrogens (tertiary/aromatic N) is 4. The molecule has 1 aromatic carbocycles. The van der Waals surface area contributed by atoms with Crippen molar-refractivity contribution >= 4 is 5.91 Å². The van der Waals surface area contributed by atoms with Crippen LogP contribution in [0.15, 0.2) is 24.3 Å². The fraction of sp³-hybridized carbons (Fsp3) is 0.500. The van der Waals surface area contributed by atoms with E-state index in [0.717, 1.165) is 36.8 Å².